The molecule has 2 heterocycles. The van der Waals surface area contributed by atoms with E-state index in [1.807, 2.05) is 71.4 Å². The number of aryl methyl sites for hydroxylation is 1. The van der Waals surface area contributed by atoms with Gasteiger partial charge < -0.3 is 9.73 Å². The summed E-state index contributed by atoms with van der Waals surface area (Å²) in [6.45, 7) is 0. The fraction of sp³-hybridized carbons (Fsp3) is 0.217. The number of carbonyl (C=O) groups excluding carboxylic acids is 1. The van der Waals surface area contributed by atoms with Crippen molar-refractivity contribution >= 4 is 11.6 Å². The van der Waals surface area contributed by atoms with Gasteiger partial charge in [-0.2, -0.15) is 0 Å². The Labute approximate surface area is 173 Å². The van der Waals surface area contributed by atoms with E-state index in [0.29, 0.717) is 18.9 Å². The van der Waals surface area contributed by atoms with Crippen molar-refractivity contribution in [2.24, 2.45) is 0 Å². The monoisotopic (exact) mass is 399 g/mol. The minimum atomic E-state index is -0.0526. The maximum atomic E-state index is 12.3. The fourth-order valence-corrected chi connectivity index (χ4v) is 3.38. The van der Waals surface area contributed by atoms with Crippen LogP contribution in [0.25, 0.3) is 22.7 Å². The third kappa shape index (κ3) is 4.00. The molecule has 1 amide bonds. The number of hydrogen-bond donors (Lipinski definition) is 1. The van der Waals surface area contributed by atoms with E-state index in [0.717, 1.165) is 47.0 Å². The largest absolute Gasteiger partial charge is 0.461 e. The van der Waals surface area contributed by atoms with Gasteiger partial charge in [-0.3, -0.25) is 4.79 Å². The lowest BCUT2D eigenvalue weighted by Crippen LogP contribution is -2.12. The minimum Gasteiger partial charge on any atom is -0.461 e. The van der Waals surface area contributed by atoms with Gasteiger partial charge in [-0.15, -0.1) is 5.10 Å². The number of hydrogen-bond acceptors (Lipinski definition) is 5. The molecule has 150 valence electrons. The van der Waals surface area contributed by atoms with E-state index in [9.17, 15) is 4.79 Å². The molecule has 1 fully saturated rings. The smallest absolute Gasteiger partial charge is 0.224 e. The summed E-state index contributed by atoms with van der Waals surface area (Å²) in [6.07, 6.45) is 3.14. The van der Waals surface area contributed by atoms with Crippen LogP contribution in [0.5, 0.6) is 0 Å². The molecule has 1 saturated carbocycles. The molecule has 0 bridgehead atoms. The molecule has 0 unspecified atom stereocenters. The number of carbonyl (C=O) groups is 1. The number of nitrogens with one attached hydrogen (secondary N) is 1. The van der Waals surface area contributed by atoms with Gasteiger partial charge in [0.25, 0.3) is 0 Å². The number of anilines is 1. The number of aromatic nitrogens is 4. The summed E-state index contributed by atoms with van der Waals surface area (Å²) >= 11 is 0. The van der Waals surface area contributed by atoms with Gasteiger partial charge >= 0.3 is 0 Å². The number of nitrogens with zero attached hydrogens (tertiary/aromatic N) is 4. The fourth-order valence-electron chi connectivity index (χ4n) is 3.38. The van der Waals surface area contributed by atoms with Crippen LogP contribution in [-0.2, 0) is 11.2 Å². The van der Waals surface area contributed by atoms with Crippen molar-refractivity contribution in [1.29, 1.82) is 0 Å². The number of tetrazole rings is 1. The molecular weight excluding hydrogens is 378 g/mol. The van der Waals surface area contributed by atoms with E-state index in [1.54, 1.807) is 0 Å². The molecule has 30 heavy (non-hydrogen) atoms. The standard InChI is InChI=1S/C23H21N5O2/c29-22(15-13-20-12-14-21(30-20)16-4-2-1-3-5-16)24-18-8-6-17(7-9-18)23-25-26-27-28(23)19-10-11-19/h1-9,12,14,19H,10-11,13,15H2,(H,24,29). The lowest BCUT2D eigenvalue weighted by atomic mass is 10.2. The number of benzene rings is 2. The normalized spacial score (nSPS) is 13.3. The highest BCUT2D eigenvalue weighted by Gasteiger charge is 2.28. The van der Waals surface area contributed by atoms with Gasteiger partial charge in [-0.25, -0.2) is 4.68 Å². The van der Waals surface area contributed by atoms with Gasteiger partial charge in [-0.1, -0.05) is 30.3 Å². The first kappa shape index (κ1) is 18.3. The summed E-state index contributed by atoms with van der Waals surface area (Å²) in [4.78, 5) is 12.3. The van der Waals surface area contributed by atoms with Crippen LogP contribution in [0, 0.1) is 0 Å². The average molecular weight is 399 g/mol. The molecule has 2 aromatic heterocycles. The summed E-state index contributed by atoms with van der Waals surface area (Å²) in [7, 11) is 0. The number of furan rings is 1. The quantitative estimate of drug-likeness (QED) is 0.494. The lowest BCUT2D eigenvalue weighted by Gasteiger charge is -2.06. The van der Waals surface area contributed by atoms with E-state index in [2.05, 4.69) is 20.8 Å². The first-order valence-corrected chi connectivity index (χ1v) is 10.1. The van der Waals surface area contributed by atoms with Crippen molar-refractivity contribution in [2.45, 2.75) is 31.7 Å². The van der Waals surface area contributed by atoms with Crippen LogP contribution >= 0.6 is 0 Å². The van der Waals surface area contributed by atoms with Crippen LogP contribution in [0.15, 0.2) is 71.1 Å². The molecule has 1 aliphatic rings. The summed E-state index contributed by atoms with van der Waals surface area (Å²) in [6, 6.07) is 21.8. The topological polar surface area (TPSA) is 85.8 Å². The van der Waals surface area contributed by atoms with Gasteiger partial charge in [0.1, 0.15) is 11.5 Å². The molecule has 0 aliphatic heterocycles. The number of rotatable bonds is 7. The third-order valence-electron chi connectivity index (χ3n) is 5.13. The Morgan fingerprint density at radius 1 is 1.00 bits per heavy atom. The van der Waals surface area contributed by atoms with Gasteiger partial charge in [0, 0.05) is 29.7 Å². The Hall–Kier alpha value is -3.74. The van der Waals surface area contributed by atoms with Crippen molar-refractivity contribution < 1.29 is 9.21 Å². The highest BCUT2D eigenvalue weighted by atomic mass is 16.3. The minimum absolute atomic E-state index is 0.0526. The Kier molecular flexibility index (Phi) is 4.85. The predicted octanol–water partition coefficient (Wildman–Crippen LogP) is 4.51. The molecule has 0 spiro atoms. The third-order valence-corrected chi connectivity index (χ3v) is 5.13. The second-order valence-electron chi connectivity index (χ2n) is 7.44. The molecule has 5 rings (SSSR count). The summed E-state index contributed by atoms with van der Waals surface area (Å²) in [5.41, 5.74) is 2.72. The van der Waals surface area contributed by atoms with E-state index in [1.165, 1.54) is 0 Å². The highest BCUT2D eigenvalue weighted by Crippen LogP contribution is 2.36. The first-order valence-electron chi connectivity index (χ1n) is 10.1. The lowest BCUT2D eigenvalue weighted by molar-refractivity contribution is -0.116. The summed E-state index contributed by atoms with van der Waals surface area (Å²) in [5, 5.41) is 14.9. The van der Waals surface area contributed by atoms with Crippen LogP contribution in [0.1, 0.15) is 31.1 Å². The molecule has 0 saturated heterocycles. The van der Waals surface area contributed by atoms with Crippen LogP contribution in [-0.4, -0.2) is 26.1 Å². The molecule has 7 nitrogen and oxygen atoms in total. The first-order chi connectivity index (χ1) is 14.8. The molecule has 1 N–H and O–H groups in total. The Balaban J connectivity index is 1.17. The van der Waals surface area contributed by atoms with Crippen molar-refractivity contribution in [2.75, 3.05) is 5.32 Å². The van der Waals surface area contributed by atoms with E-state index < -0.39 is 0 Å². The Morgan fingerprint density at radius 3 is 2.57 bits per heavy atom. The zero-order chi connectivity index (χ0) is 20.3. The second-order valence-corrected chi connectivity index (χ2v) is 7.44. The predicted molar refractivity (Wildman–Crippen MR) is 113 cm³/mol. The zero-order valence-electron chi connectivity index (χ0n) is 16.4. The van der Waals surface area contributed by atoms with Crippen LogP contribution in [0.3, 0.4) is 0 Å². The zero-order valence-corrected chi connectivity index (χ0v) is 16.4. The summed E-state index contributed by atoms with van der Waals surface area (Å²) < 4.78 is 7.74. The van der Waals surface area contributed by atoms with Gasteiger partial charge in [0.15, 0.2) is 5.82 Å². The van der Waals surface area contributed by atoms with Gasteiger partial charge in [-0.05, 0) is 59.7 Å². The van der Waals surface area contributed by atoms with E-state index in [4.69, 9.17) is 4.42 Å². The van der Waals surface area contributed by atoms with Gasteiger partial charge in [0.05, 0.1) is 6.04 Å². The SMILES string of the molecule is O=C(CCc1ccc(-c2ccccc2)o1)Nc1ccc(-c2nnnn2C2CC2)cc1. The maximum absolute atomic E-state index is 12.3. The van der Waals surface area contributed by atoms with Crippen molar-refractivity contribution in [1.82, 2.24) is 20.2 Å². The summed E-state index contributed by atoms with van der Waals surface area (Å²) in [5.74, 6) is 2.33. The molecule has 0 atom stereocenters. The van der Waals surface area contributed by atoms with E-state index >= 15 is 0 Å². The average Bonchev–Trinajstić information content (AvgIpc) is 3.31. The molecule has 4 aromatic rings. The maximum Gasteiger partial charge on any atom is 0.224 e. The van der Waals surface area contributed by atoms with Crippen LogP contribution in [0.2, 0.25) is 0 Å². The Morgan fingerprint density at radius 2 is 1.80 bits per heavy atom. The van der Waals surface area contributed by atoms with Crippen molar-refractivity contribution in [3.8, 4) is 22.7 Å². The molecule has 1 aliphatic carbocycles. The molecule has 2 aromatic carbocycles. The van der Waals surface area contributed by atoms with Crippen LogP contribution < -0.4 is 5.32 Å². The highest BCUT2D eigenvalue weighted by molar-refractivity contribution is 5.91. The van der Waals surface area contributed by atoms with Crippen LogP contribution in [0.4, 0.5) is 5.69 Å². The Bertz CT molecular complexity index is 1140. The van der Waals surface area contributed by atoms with Crippen molar-refractivity contribution in [3.05, 3.63) is 72.5 Å². The molecular formula is C23H21N5O2. The van der Waals surface area contributed by atoms with Crippen molar-refractivity contribution in [3.63, 3.8) is 0 Å². The second kappa shape index (κ2) is 7.94. The van der Waals surface area contributed by atoms with E-state index in [-0.39, 0.29) is 5.91 Å². The number of amides is 1. The molecule has 7 heteroatoms. The van der Waals surface area contributed by atoms with Gasteiger partial charge in [0.2, 0.25) is 5.91 Å². The molecule has 0 radical (unpaired) electrons.